The summed E-state index contributed by atoms with van der Waals surface area (Å²) in [6.45, 7) is 1.67. The third kappa shape index (κ3) is 7.60. The summed E-state index contributed by atoms with van der Waals surface area (Å²) in [4.78, 5) is 15.5. The van der Waals surface area contributed by atoms with Gasteiger partial charge >= 0.3 is 0 Å². The van der Waals surface area contributed by atoms with Crippen molar-refractivity contribution in [3.63, 3.8) is 0 Å². The van der Waals surface area contributed by atoms with Crippen LogP contribution in [-0.4, -0.2) is 47.1 Å². The van der Waals surface area contributed by atoms with Crippen LogP contribution in [0.1, 0.15) is 44.1 Å². The Balaban J connectivity index is 1.22. The highest BCUT2D eigenvalue weighted by Crippen LogP contribution is 2.30. The first-order valence-corrected chi connectivity index (χ1v) is 16.0. The molecule has 1 atom stereocenters. The van der Waals surface area contributed by atoms with E-state index in [0.717, 1.165) is 49.9 Å². The fourth-order valence-corrected chi connectivity index (χ4v) is 7.00. The summed E-state index contributed by atoms with van der Waals surface area (Å²) in [5.41, 5.74) is 1.94. The largest absolute Gasteiger partial charge is 0.497 e. The molecule has 0 radical (unpaired) electrons. The monoisotopic (exact) mass is 595 g/mol. The third-order valence-electron chi connectivity index (χ3n) is 8.05. The third-order valence-corrected chi connectivity index (χ3v) is 9.54. The number of hydrogen-bond donors (Lipinski definition) is 2. The topological polar surface area (TPSA) is 97.0 Å². The number of carbonyl (C=O) groups excluding carboxylic acids is 1. The minimum absolute atomic E-state index is 0.0620. The molecular formula is C32H38FN3O5S. The number of nitrogens with zero attached hydrogens (tertiary/aromatic N) is 1. The Labute approximate surface area is 247 Å². The lowest BCUT2D eigenvalue weighted by atomic mass is 9.85. The summed E-state index contributed by atoms with van der Waals surface area (Å²) in [6, 6.07) is 17.1. The molecule has 0 bridgehead atoms. The number of amides is 1. The van der Waals surface area contributed by atoms with Gasteiger partial charge in [0.2, 0.25) is 15.9 Å². The summed E-state index contributed by atoms with van der Waals surface area (Å²) < 4.78 is 54.0. The van der Waals surface area contributed by atoms with Crippen molar-refractivity contribution in [1.82, 2.24) is 10.0 Å². The zero-order valence-electron chi connectivity index (χ0n) is 23.9. The lowest BCUT2D eigenvalue weighted by Crippen LogP contribution is -2.49. The van der Waals surface area contributed by atoms with Crippen LogP contribution in [0.4, 0.5) is 10.1 Å². The average Bonchev–Trinajstić information content (AvgIpc) is 3.39. The Morgan fingerprint density at radius 2 is 1.64 bits per heavy atom. The predicted molar refractivity (Wildman–Crippen MR) is 160 cm³/mol. The molecule has 1 saturated carbocycles. The van der Waals surface area contributed by atoms with Gasteiger partial charge in [-0.15, -0.1) is 0 Å². The number of anilines is 1. The zero-order chi connectivity index (χ0) is 29.5. The van der Waals surface area contributed by atoms with E-state index in [1.54, 1.807) is 55.6 Å². The van der Waals surface area contributed by atoms with Crippen molar-refractivity contribution < 1.29 is 27.1 Å². The van der Waals surface area contributed by atoms with Gasteiger partial charge in [0.15, 0.2) is 0 Å². The maximum Gasteiger partial charge on any atom is 0.241 e. The molecule has 3 aromatic carbocycles. The molecule has 1 aliphatic heterocycles. The van der Waals surface area contributed by atoms with Gasteiger partial charge in [-0.3, -0.25) is 4.79 Å². The molecule has 0 unspecified atom stereocenters. The van der Waals surface area contributed by atoms with Crippen LogP contribution >= 0.6 is 0 Å². The van der Waals surface area contributed by atoms with E-state index in [1.165, 1.54) is 24.6 Å². The number of halogens is 1. The fraction of sp³-hybridized carbons (Fsp3) is 0.406. The molecule has 8 nitrogen and oxygen atoms in total. The second kappa shape index (κ2) is 13.6. The molecule has 1 amide bonds. The Hall–Kier alpha value is -3.63. The second-order valence-electron chi connectivity index (χ2n) is 11.0. The van der Waals surface area contributed by atoms with Crippen molar-refractivity contribution in [3.05, 3.63) is 78.1 Å². The number of fused-ring (bicyclic) bond motifs is 1. The van der Waals surface area contributed by atoms with Gasteiger partial charge in [0.1, 0.15) is 29.1 Å². The summed E-state index contributed by atoms with van der Waals surface area (Å²) >= 11 is 0. The number of methoxy groups -OCH3 is 1. The molecule has 2 N–H and O–H groups in total. The fourth-order valence-electron chi connectivity index (χ4n) is 5.80. The van der Waals surface area contributed by atoms with E-state index in [4.69, 9.17) is 9.47 Å². The highest BCUT2D eigenvalue weighted by atomic mass is 32.2. The first kappa shape index (κ1) is 29.8. The van der Waals surface area contributed by atoms with E-state index in [9.17, 15) is 17.6 Å². The normalized spacial score (nSPS) is 16.1. The molecule has 0 saturated heterocycles. The van der Waals surface area contributed by atoms with Gasteiger partial charge in [-0.05, 0) is 91.1 Å². The molecule has 1 heterocycles. The zero-order valence-corrected chi connectivity index (χ0v) is 24.7. The first-order chi connectivity index (χ1) is 20.3. The van der Waals surface area contributed by atoms with E-state index >= 15 is 0 Å². The van der Waals surface area contributed by atoms with Gasteiger partial charge < -0.3 is 19.7 Å². The summed E-state index contributed by atoms with van der Waals surface area (Å²) in [7, 11) is -2.38. The Kier molecular flexibility index (Phi) is 9.64. The van der Waals surface area contributed by atoms with Crippen LogP contribution in [0.2, 0.25) is 0 Å². The van der Waals surface area contributed by atoms with Crippen molar-refractivity contribution in [2.45, 2.75) is 55.9 Å². The van der Waals surface area contributed by atoms with Gasteiger partial charge in [0.05, 0.1) is 12.0 Å². The van der Waals surface area contributed by atoms with E-state index in [1.807, 2.05) is 0 Å². The predicted octanol–water partition coefficient (Wildman–Crippen LogP) is 5.42. The first-order valence-electron chi connectivity index (χ1n) is 14.6. The van der Waals surface area contributed by atoms with Gasteiger partial charge in [0.25, 0.3) is 0 Å². The second-order valence-corrected chi connectivity index (χ2v) is 12.7. The molecule has 10 heteroatoms. The summed E-state index contributed by atoms with van der Waals surface area (Å²) in [5.74, 6) is 1.50. The van der Waals surface area contributed by atoms with Gasteiger partial charge in [-0.1, -0.05) is 32.1 Å². The Morgan fingerprint density at radius 1 is 0.976 bits per heavy atom. The van der Waals surface area contributed by atoms with Crippen LogP contribution in [0.15, 0.2) is 71.6 Å². The minimum Gasteiger partial charge on any atom is -0.497 e. The van der Waals surface area contributed by atoms with Crippen LogP contribution in [0.5, 0.6) is 17.2 Å². The van der Waals surface area contributed by atoms with Crippen LogP contribution in [-0.2, 0) is 21.2 Å². The number of sulfonamides is 1. The van der Waals surface area contributed by atoms with Crippen molar-refractivity contribution in [2.75, 3.05) is 31.6 Å². The molecule has 3 aromatic rings. The SMILES string of the molecule is COc1ccc(Oc2ccc(S(=O)(=O)N[C@@H](CC3CCCCC3)C(=O)NCCN3CCc4cc(F)ccc43)cc2)cc1. The molecule has 2 aliphatic rings. The molecule has 1 fully saturated rings. The van der Waals surface area contributed by atoms with Crippen molar-refractivity contribution in [3.8, 4) is 17.2 Å². The summed E-state index contributed by atoms with van der Waals surface area (Å²) in [6.07, 6.45) is 6.55. The molecule has 0 aromatic heterocycles. The maximum atomic E-state index is 13.6. The lowest BCUT2D eigenvalue weighted by molar-refractivity contribution is -0.123. The van der Waals surface area contributed by atoms with Crippen molar-refractivity contribution in [2.24, 2.45) is 5.92 Å². The minimum atomic E-state index is -3.97. The van der Waals surface area contributed by atoms with Crippen LogP contribution in [0, 0.1) is 11.7 Å². The van der Waals surface area contributed by atoms with Gasteiger partial charge in [-0.2, -0.15) is 4.72 Å². The number of carbonyl (C=O) groups is 1. The van der Waals surface area contributed by atoms with Gasteiger partial charge in [-0.25, -0.2) is 12.8 Å². The molecule has 5 rings (SSSR count). The van der Waals surface area contributed by atoms with Crippen molar-refractivity contribution >= 4 is 21.6 Å². The Bertz CT molecular complexity index is 1460. The summed E-state index contributed by atoms with van der Waals surface area (Å²) in [5, 5.41) is 2.95. The smallest absolute Gasteiger partial charge is 0.241 e. The van der Waals surface area contributed by atoms with Crippen LogP contribution in [0.25, 0.3) is 0 Å². The molecule has 0 spiro atoms. The standard InChI is InChI=1S/C32H38FN3O5S/c1-40-26-8-10-27(11-9-26)41-28-12-14-29(15-13-28)42(38,39)35-30(21-23-5-3-2-4-6-23)32(37)34-18-20-36-19-17-24-22-25(33)7-16-31(24)36/h7-16,22-23,30,35H,2-6,17-21H2,1H3,(H,34,37)/t30-/m0/s1. The lowest BCUT2D eigenvalue weighted by Gasteiger charge is -2.27. The molecule has 1 aliphatic carbocycles. The molecule has 42 heavy (non-hydrogen) atoms. The number of rotatable bonds is 12. The number of nitrogens with one attached hydrogen (secondary N) is 2. The van der Waals surface area contributed by atoms with Crippen molar-refractivity contribution in [1.29, 1.82) is 0 Å². The van der Waals surface area contributed by atoms with E-state index in [2.05, 4.69) is 14.9 Å². The maximum absolute atomic E-state index is 13.6. The van der Waals surface area contributed by atoms with Crippen LogP contribution < -0.4 is 24.4 Å². The van der Waals surface area contributed by atoms with Gasteiger partial charge in [0, 0.05) is 25.3 Å². The van der Waals surface area contributed by atoms with E-state index in [-0.39, 0.29) is 22.5 Å². The highest BCUT2D eigenvalue weighted by Gasteiger charge is 2.29. The molecule has 224 valence electrons. The molecular weight excluding hydrogens is 557 g/mol. The number of ether oxygens (including phenoxy) is 2. The van der Waals surface area contributed by atoms with Crippen LogP contribution in [0.3, 0.4) is 0 Å². The number of hydrogen-bond acceptors (Lipinski definition) is 6. The quantitative estimate of drug-likeness (QED) is 0.290. The van der Waals surface area contributed by atoms with E-state index in [0.29, 0.717) is 36.8 Å². The number of benzene rings is 3. The average molecular weight is 596 g/mol. The van der Waals surface area contributed by atoms with E-state index < -0.39 is 16.1 Å². The Morgan fingerprint density at radius 3 is 2.33 bits per heavy atom. The highest BCUT2D eigenvalue weighted by molar-refractivity contribution is 7.89.